The van der Waals surface area contributed by atoms with Gasteiger partial charge in [-0.1, -0.05) is 18.2 Å². The highest BCUT2D eigenvalue weighted by Gasteiger charge is 2.19. The lowest BCUT2D eigenvalue weighted by atomic mass is 9.95. The number of benzene rings is 1. The molecule has 0 fully saturated rings. The van der Waals surface area contributed by atoms with Gasteiger partial charge in [-0.3, -0.25) is 4.98 Å². The zero-order chi connectivity index (χ0) is 13.2. The fourth-order valence-corrected chi connectivity index (χ4v) is 2.55. The van der Waals surface area contributed by atoms with Gasteiger partial charge in [0.25, 0.3) is 0 Å². The van der Waals surface area contributed by atoms with Crippen molar-refractivity contribution in [2.45, 2.75) is 25.9 Å². The number of ether oxygens (including phenoxy) is 1. The number of para-hydroxylation sites is 1. The van der Waals surface area contributed by atoms with Gasteiger partial charge in [0.05, 0.1) is 18.4 Å². The highest BCUT2D eigenvalue weighted by atomic mass is 16.5. The number of aliphatic hydroxyl groups excluding tert-OH is 1. The maximum atomic E-state index is 10.6. The number of pyridine rings is 1. The molecule has 0 radical (unpaired) electrons. The van der Waals surface area contributed by atoms with Crippen LogP contribution in [0.15, 0.2) is 42.2 Å². The fraction of sp³-hybridized carbons (Fsp3) is 0.312. The molecule has 3 heteroatoms. The molecule has 1 atom stereocenters. The monoisotopic (exact) mass is 255 g/mol. The van der Waals surface area contributed by atoms with Crippen molar-refractivity contribution in [2.24, 2.45) is 0 Å². The summed E-state index contributed by atoms with van der Waals surface area (Å²) in [5.41, 5.74) is 3.71. The molecule has 1 aliphatic rings. The Morgan fingerprint density at radius 1 is 1.32 bits per heavy atom. The van der Waals surface area contributed by atoms with Crippen LogP contribution in [-0.2, 0) is 4.74 Å². The minimum absolute atomic E-state index is 0.605. The second-order valence-electron chi connectivity index (χ2n) is 4.94. The molecular weight excluding hydrogens is 238 g/mol. The average molecular weight is 255 g/mol. The molecule has 98 valence electrons. The van der Waals surface area contributed by atoms with Crippen LogP contribution in [0.5, 0.6) is 0 Å². The zero-order valence-corrected chi connectivity index (χ0v) is 11.0. The van der Waals surface area contributed by atoms with Crippen LogP contribution in [0.4, 0.5) is 0 Å². The van der Waals surface area contributed by atoms with E-state index in [9.17, 15) is 5.11 Å². The van der Waals surface area contributed by atoms with Crippen molar-refractivity contribution in [2.75, 3.05) is 6.61 Å². The number of rotatable bonds is 2. The van der Waals surface area contributed by atoms with Gasteiger partial charge < -0.3 is 9.84 Å². The van der Waals surface area contributed by atoms with Crippen LogP contribution in [0.3, 0.4) is 0 Å². The molecule has 1 aromatic heterocycles. The van der Waals surface area contributed by atoms with Crippen LogP contribution < -0.4 is 0 Å². The van der Waals surface area contributed by atoms with Gasteiger partial charge in [0.2, 0.25) is 0 Å². The molecule has 3 rings (SSSR count). The van der Waals surface area contributed by atoms with E-state index in [1.54, 1.807) is 6.26 Å². The lowest BCUT2D eigenvalue weighted by molar-refractivity contribution is 0.171. The summed E-state index contributed by atoms with van der Waals surface area (Å²) in [7, 11) is 0. The topological polar surface area (TPSA) is 42.4 Å². The van der Waals surface area contributed by atoms with E-state index >= 15 is 0 Å². The van der Waals surface area contributed by atoms with E-state index in [0.29, 0.717) is 0 Å². The molecule has 0 bridgehead atoms. The molecule has 3 nitrogen and oxygen atoms in total. The number of fused-ring (bicyclic) bond motifs is 1. The van der Waals surface area contributed by atoms with Crippen LogP contribution in [0.2, 0.25) is 0 Å². The lowest BCUT2D eigenvalue weighted by Crippen LogP contribution is -2.09. The van der Waals surface area contributed by atoms with Crippen LogP contribution in [0.1, 0.15) is 30.2 Å². The quantitative estimate of drug-likeness (QED) is 0.895. The Balaban J connectivity index is 2.10. The van der Waals surface area contributed by atoms with E-state index < -0.39 is 6.10 Å². The predicted octanol–water partition coefficient (Wildman–Crippen LogP) is 3.27. The minimum Gasteiger partial charge on any atom is -0.501 e. The summed E-state index contributed by atoms with van der Waals surface area (Å²) in [5.74, 6) is 0. The molecule has 19 heavy (non-hydrogen) atoms. The Bertz CT molecular complexity index is 634. The standard InChI is InChI=1S/C16H17NO2/c1-11-9-14(13-6-2-3-7-15(13)17-11)16(18)12-5-4-8-19-10-12/h2-3,6-7,9-10,16,18H,4-5,8H2,1H3. The van der Waals surface area contributed by atoms with Crippen molar-refractivity contribution in [1.82, 2.24) is 4.98 Å². The smallest absolute Gasteiger partial charge is 0.104 e. The first kappa shape index (κ1) is 12.2. The second-order valence-corrected chi connectivity index (χ2v) is 4.94. The van der Waals surface area contributed by atoms with Gasteiger partial charge in [-0.2, -0.15) is 0 Å². The summed E-state index contributed by atoms with van der Waals surface area (Å²) in [4.78, 5) is 4.50. The van der Waals surface area contributed by atoms with Crippen molar-refractivity contribution in [3.63, 3.8) is 0 Å². The van der Waals surface area contributed by atoms with E-state index in [2.05, 4.69) is 4.98 Å². The SMILES string of the molecule is Cc1cc(C(O)C2=COCCC2)c2ccccc2n1. The molecule has 0 saturated heterocycles. The Kier molecular flexibility index (Phi) is 3.22. The van der Waals surface area contributed by atoms with Crippen molar-refractivity contribution in [3.8, 4) is 0 Å². The highest BCUT2D eigenvalue weighted by molar-refractivity contribution is 5.83. The van der Waals surface area contributed by atoms with Crippen LogP contribution >= 0.6 is 0 Å². The molecule has 0 amide bonds. The van der Waals surface area contributed by atoms with Gasteiger partial charge in [-0.15, -0.1) is 0 Å². The Labute approximate surface area is 112 Å². The first-order valence-electron chi connectivity index (χ1n) is 6.60. The number of aliphatic hydroxyl groups is 1. The third-order valence-corrected chi connectivity index (χ3v) is 3.48. The number of nitrogens with zero attached hydrogens (tertiary/aromatic N) is 1. The largest absolute Gasteiger partial charge is 0.501 e. The highest BCUT2D eigenvalue weighted by Crippen LogP contribution is 2.32. The third-order valence-electron chi connectivity index (χ3n) is 3.48. The summed E-state index contributed by atoms with van der Waals surface area (Å²) in [6.45, 7) is 2.70. The molecule has 1 unspecified atom stereocenters. The normalized spacial score (nSPS) is 16.8. The zero-order valence-electron chi connectivity index (χ0n) is 11.0. The summed E-state index contributed by atoms with van der Waals surface area (Å²) >= 11 is 0. The molecule has 0 spiro atoms. The molecule has 0 aliphatic carbocycles. The minimum atomic E-state index is -0.605. The molecule has 1 N–H and O–H groups in total. The number of aromatic nitrogens is 1. The van der Waals surface area contributed by atoms with E-state index in [-0.39, 0.29) is 0 Å². The number of hydrogen-bond donors (Lipinski definition) is 1. The van der Waals surface area contributed by atoms with Crippen LogP contribution in [0, 0.1) is 6.92 Å². The second kappa shape index (κ2) is 5.02. The van der Waals surface area contributed by atoms with Crippen molar-refractivity contribution in [3.05, 3.63) is 53.4 Å². The maximum absolute atomic E-state index is 10.6. The van der Waals surface area contributed by atoms with Gasteiger partial charge in [0.15, 0.2) is 0 Å². The van der Waals surface area contributed by atoms with Crippen LogP contribution in [0.25, 0.3) is 10.9 Å². The van der Waals surface area contributed by atoms with Gasteiger partial charge in [0, 0.05) is 11.1 Å². The first-order valence-corrected chi connectivity index (χ1v) is 6.60. The molecule has 2 heterocycles. The molecule has 1 aliphatic heterocycles. The number of hydrogen-bond acceptors (Lipinski definition) is 3. The van der Waals surface area contributed by atoms with Gasteiger partial charge in [-0.25, -0.2) is 0 Å². The van der Waals surface area contributed by atoms with Gasteiger partial charge >= 0.3 is 0 Å². The Hall–Kier alpha value is -1.87. The van der Waals surface area contributed by atoms with Crippen molar-refractivity contribution >= 4 is 10.9 Å². The van der Waals surface area contributed by atoms with Gasteiger partial charge in [0.1, 0.15) is 6.10 Å². The fourth-order valence-electron chi connectivity index (χ4n) is 2.55. The predicted molar refractivity (Wildman–Crippen MR) is 74.7 cm³/mol. The van der Waals surface area contributed by atoms with Crippen LogP contribution in [-0.4, -0.2) is 16.7 Å². The van der Waals surface area contributed by atoms with E-state index in [1.807, 2.05) is 37.3 Å². The van der Waals surface area contributed by atoms with E-state index in [1.165, 1.54) is 0 Å². The Morgan fingerprint density at radius 2 is 2.16 bits per heavy atom. The summed E-state index contributed by atoms with van der Waals surface area (Å²) in [6.07, 6.45) is 2.95. The number of aryl methyl sites for hydroxylation is 1. The van der Waals surface area contributed by atoms with Crippen molar-refractivity contribution in [1.29, 1.82) is 0 Å². The van der Waals surface area contributed by atoms with E-state index in [4.69, 9.17) is 4.74 Å². The molecule has 1 aromatic carbocycles. The molecular formula is C16H17NO2. The van der Waals surface area contributed by atoms with E-state index in [0.717, 1.165) is 47.2 Å². The average Bonchev–Trinajstić information content (AvgIpc) is 2.46. The van der Waals surface area contributed by atoms with Gasteiger partial charge in [-0.05, 0) is 43.0 Å². The first-order chi connectivity index (χ1) is 9.25. The Morgan fingerprint density at radius 3 is 2.95 bits per heavy atom. The summed E-state index contributed by atoms with van der Waals surface area (Å²) in [6, 6.07) is 9.88. The van der Waals surface area contributed by atoms with Crippen molar-refractivity contribution < 1.29 is 9.84 Å². The molecule has 2 aromatic rings. The lowest BCUT2D eigenvalue weighted by Gasteiger charge is -2.20. The third kappa shape index (κ3) is 2.34. The summed E-state index contributed by atoms with van der Waals surface area (Å²) < 4.78 is 5.33. The summed E-state index contributed by atoms with van der Waals surface area (Å²) in [5, 5.41) is 11.6. The molecule has 0 saturated carbocycles. The maximum Gasteiger partial charge on any atom is 0.104 e.